The number of nitrogens with one attached hydrogen (secondary N) is 1. The number of aliphatic hydroxyl groups excluding tert-OH is 1. The Labute approximate surface area is 192 Å². The predicted octanol–water partition coefficient (Wildman–Crippen LogP) is 1.71. The number of hydrogen-bond acceptors (Lipinski definition) is 5. The lowest BCUT2D eigenvalue weighted by Crippen LogP contribution is -2.54. The number of nitrogens with zero attached hydrogens (tertiary/aromatic N) is 4. The van der Waals surface area contributed by atoms with Gasteiger partial charge in [0.1, 0.15) is 5.75 Å². The summed E-state index contributed by atoms with van der Waals surface area (Å²) < 4.78 is 5.18. The highest BCUT2D eigenvalue weighted by molar-refractivity contribution is 5.80. The van der Waals surface area contributed by atoms with Crippen LogP contribution in [0.15, 0.2) is 29.3 Å². The molecule has 0 bridgehead atoms. The third-order valence-electron chi connectivity index (χ3n) is 6.24. The van der Waals surface area contributed by atoms with Crippen LogP contribution in [-0.2, 0) is 4.79 Å². The quantitative estimate of drug-likeness (QED) is 0.491. The Kier molecular flexibility index (Phi) is 9.62. The van der Waals surface area contributed by atoms with Gasteiger partial charge < -0.3 is 25.0 Å². The zero-order valence-electron chi connectivity index (χ0n) is 19.6. The number of hydrogen-bond donors (Lipinski definition) is 2. The van der Waals surface area contributed by atoms with Crippen molar-refractivity contribution in [2.24, 2.45) is 4.99 Å². The van der Waals surface area contributed by atoms with E-state index < -0.39 is 6.10 Å². The number of piperazine rings is 1. The molecule has 0 radical (unpaired) electrons. The van der Waals surface area contributed by atoms with Crippen LogP contribution in [0.5, 0.6) is 5.75 Å². The molecule has 32 heavy (non-hydrogen) atoms. The summed E-state index contributed by atoms with van der Waals surface area (Å²) in [6.45, 7) is 8.75. The number of benzene rings is 1. The van der Waals surface area contributed by atoms with Gasteiger partial charge in [-0.15, -0.1) is 0 Å². The topological polar surface area (TPSA) is 80.6 Å². The van der Waals surface area contributed by atoms with Crippen LogP contribution in [0.4, 0.5) is 0 Å². The van der Waals surface area contributed by atoms with Crippen LogP contribution in [0, 0.1) is 0 Å². The largest absolute Gasteiger partial charge is 0.497 e. The molecule has 1 aromatic rings. The number of carbonyl (C=O) groups is 1. The molecule has 2 aliphatic rings. The van der Waals surface area contributed by atoms with E-state index in [0.29, 0.717) is 13.1 Å². The molecule has 0 spiro atoms. The van der Waals surface area contributed by atoms with Crippen LogP contribution >= 0.6 is 0 Å². The van der Waals surface area contributed by atoms with Gasteiger partial charge in [0, 0.05) is 45.8 Å². The number of aliphatic hydroxyl groups is 1. The first-order valence-corrected chi connectivity index (χ1v) is 12.0. The van der Waals surface area contributed by atoms with E-state index >= 15 is 0 Å². The van der Waals surface area contributed by atoms with Crippen molar-refractivity contribution >= 4 is 11.9 Å². The lowest BCUT2D eigenvalue weighted by molar-refractivity contribution is -0.132. The minimum Gasteiger partial charge on any atom is -0.497 e. The molecule has 3 rings (SSSR count). The minimum absolute atomic E-state index is 0.267. The Morgan fingerprint density at radius 2 is 1.69 bits per heavy atom. The van der Waals surface area contributed by atoms with Crippen molar-refractivity contribution in [2.45, 2.75) is 38.7 Å². The number of rotatable bonds is 7. The lowest BCUT2D eigenvalue weighted by atomic mass is 10.1. The Morgan fingerprint density at radius 3 is 2.28 bits per heavy atom. The SMILES string of the molecule is CCNC(=NCC(O)c1ccc(OC)cc1)N1CCN(CC(=O)N2CCCCCC2)CC1. The third-order valence-corrected chi connectivity index (χ3v) is 6.24. The number of carbonyl (C=O) groups excluding carboxylic acids is 1. The van der Waals surface area contributed by atoms with Crippen molar-refractivity contribution < 1.29 is 14.6 Å². The fourth-order valence-corrected chi connectivity index (χ4v) is 4.26. The highest BCUT2D eigenvalue weighted by atomic mass is 16.5. The molecule has 0 saturated carbocycles. The molecule has 2 saturated heterocycles. The molecule has 0 aromatic heterocycles. The molecule has 0 aliphatic carbocycles. The van der Waals surface area contributed by atoms with E-state index in [1.165, 1.54) is 12.8 Å². The van der Waals surface area contributed by atoms with E-state index in [1.54, 1.807) is 7.11 Å². The molecule has 2 aliphatic heterocycles. The standard InChI is InChI=1S/C24H39N5O3/c1-3-25-24(26-18-22(30)20-8-10-21(32-2)11-9-20)29-16-14-27(15-17-29)19-23(31)28-12-6-4-5-7-13-28/h8-11,22,30H,3-7,12-19H2,1-2H3,(H,25,26). The summed E-state index contributed by atoms with van der Waals surface area (Å²) in [6.07, 6.45) is 4.07. The molecular weight excluding hydrogens is 406 g/mol. The molecule has 2 N–H and O–H groups in total. The summed E-state index contributed by atoms with van der Waals surface area (Å²) in [5, 5.41) is 13.9. The van der Waals surface area contributed by atoms with E-state index in [4.69, 9.17) is 4.74 Å². The molecule has 178 valence electrons. The van der Waals surface area contributed by atoms with E-state index in [9.17, 15) is 9.90 Å². The minimum atomic E-state index is -0.665. The Hall–Kier alpha value is -2.32. The summed E-state index contributed by atoms with van der Waals surface area (Å²) >= 11 is 0. The number of aliphatic imine (C=N–C) groups is 1. The molecule has 1 unspecified atom stereocenters. The first-order valence-electron chi connectivity index (χ1n) is 12.0. The predicted molar refractivity (Wildman–Crippen MR) is 127 cm³/mol. The average molecular weight is 446 g/mol. The smallest absolute Gasteiger partial charge is 0.236 e. The van der Waals surface area contributed by atoms with Crippen LogP contribution in [0.3, 0.4) is 0 Å². The van der Waals surface area contributed by atoms with E-state index in [-0.39, 0.29) is 5.91 Å². The zero-order chi connectivity index (χ0) is 22.8. The average Bonchev–Trinajstić information content (AvgIpc) is 3.12. The molecular formula is C24H39N5O3. The van der Waals surface area contributed by atoms with Crippen molar-refractivity contribution in [1.82, 2.24) is 20.0 Å². The van der Waals surface area contributed by atoms with Crippen LogP contribution < -0.4 is 10.1 Å². The number of ether oxygens (including phenoxy) is 1. The second-order valence-electron chi connectivity index (χ2n) is 8.54. The highest BCUT2D eigenvalue weighted by Gasteiger charge is 2.24. The van der Waals surface area contributed by atoms with Gasteiger partial charge in [-0.2, -0.15) is 0 Å². The van der Waals surface area contributed by atoms with Gasteiger partial charge in [0.05, 0.1) is 26.3 Å². The third kappa shape index (κ3) is 7.10. The molecule has 2 fully saturated rings. The summed E-state index contributed by atoms with van der Waals surface area (Å²) in [7, 11) is 1.63. The fourth-order valence-electron chi connectivity index (χ4n) is 4.26. The van der Waals surface area contributed by atoms with Crippen molar-refractivity contribution in [3.05, 3.63) is 29.8 Å². The monoisotopic (exact) mass is 445 g/mol. The van der Waals surface area contributed by atoms with Crippen molar-refractivity contribution in [2.75, 3.05) is 66.0 Å². The van der Waals surface area contributed by atoms with E-state index in [1.807, 2.05) is 36.1 Å². The summed E-state index contributed by atoms with van der Waals surface area (Å²) in [5.74, 6) is 1.85. The van der Waals surface area contributed by atoms with Gasteiger partial charge in [0.25, 0.3) is 0 Å². The molecule has 8 nitrogen and oxygen atoms in total. The van der Waals surface area contributed by atoms with Gasteiger partial charge in [-0.1, -0.05) is 25.0 Å². The maximum absolute atomic E-state index is 12.7. The normalized spacial score (nSPS) is 19.4. The summed E-state index contributed by atoms with van der Waals surface area (Å²) in [4.78, 5) is 23.9. The number of likely N-dealkylation sites (tertiary alicyclic amines) is 1. The Balaban J connectivity index is 1.49. The van der Waals surface area contributed by atoms with Gasteiger partial charge in [-0.25, -0.2) is 0 Å². The van der Waals surface area contributed by atoms with Gasteiger partial charge in [-0.3, -0.25) is 14.7 Å². The van der Waals surface area contributed by atoms with Crippen molar-refractivity contribution in [3.8, 4) is 5.75 Å². The maximum Gasteiger partial charge on any atom is 0.236 e. The first kappa shape index (κ1) is 24.3. The highest BCUT2D eigenvalue weighted by Crippen LogP contribution is 2.18. The molecule has 2 heterocycles. The van der Waals surface area contributed by atoms with Crippen molar-refractivity contribution in [3.63, 3.8) is 0 Å². The second kappa shape index (κ2) is 12.6. The summed E-state index contributed by atoms with van der Waals surface area (Å²) in [5.41, 5.74) is 0.822. The molecule has 1 aromatic carbocycles. The van der Waals surface area contributed by atoms with Crippen LogP contribution in [0.25, 0.3) is 0 Å². The number of amides is 1. The first-order chi connectivity index (χ1) is 15.6. The molecule has 1 atom stereocenters. The second-order valence-corrected chi connectivity index (χ2v) is 8.54. The van der Waals surface area contributed by atoms with E-state index in [2.05, 4.69) is 20.1 Å². The lowest BCUT2D eigenvalue weighted by Gasteiger charge is -2.37. The molecule has 1 amide bonds. The van der Waals surface area contributed by atoms with Crippen LogP contribution in [-0.4, -0.2) is 97.7 Å². The van der Waals surface area contributed by atoms with Gasteiger partial charge in [0.2, 0.25) is 5.91 Å². The van der Waals surface area contributed by atoms with Gasteiger partial charge in [0.15, 0.2) is 5.96 Å². The van der Waals surface area contributed by atoms with E-state index in [0.717, 1.165) is 75.9 Å². The number of guanidine groups is 1. The van der Waals surface area contributed by atoms with Crippen LogP contribution in [0.2, 0.25) is 0 Å². The number of methoxy groups -OCH3 is 1. The van der Waals surface area contributed by atoms with Crippen LogP contribution in [0.1, 0.15) is 44.3 Å². The Morgan fingerprint density at radius 1 is 1.03 bits per heavy atom. The Bertz CT molecular complexity index is 724. The zero-order valence-corrected chi connectivity index (χ0v) is 19.6. The fraction of sp³-hybridized carbons (Fsp3) is 0.667. The molecule has 8 heteroatoms. The summed E-state index contributed by atoms with van der Waals surface area (Å²) in [6, 6.07) is 7.43. The van der Waals surface area contributed by atoms with Gasteiger partial charge in [-0.05, 0) is 37.5 Å². The van der Waals surface area contributed by atoms with Crippen molar-refractivity contribution in [1.29, 1.82) is 0 Å². The van der Waals surface area contributed by atoms with Gasteiger partial charge >= 0.3 is 0 Å². The maximum atomic E-state index is 12.7.